The van der Waals surface area contributed by atoms with Gasteiger partial charge in [0.05, 0.1) is 5.56 Å². The van der Waals surface area contributed by atoms with Gasteiger partial charge in [0.2, 0.25) is 0 Å². The molecule has 0 spiro atoms. The first-order valence-corrected chi connectivity index (χ1v) is 7.10. The number of hydrogen-bond donors (Lipinski definition) is 0. The molecule has 4 heteroatoms. The summed E-state index contributed by atoms with van der Waals surface area (Å²) < 4.78 is 2.04. The van der Waals surface area contributed by atoms with E-state index in [9.17, 15) is 4.79 Å². The van der Waals surface area contributed by atoms with Crippen molar-refractivity contribution in [2.45, 2.75) is 19.9 Å². The summed E-state index contributed by atoms with van der Waals surface area (Å²) in [7, 11) is 0. The van der Waals surface area contributed by atoms with Gasteiger partial charge in [0, 0.05) is 30.4 Å². The number of likely N-dealkylation sites (N-methyl/N-ethyl adjacent to an activating group) is 1. The van der Waals surface area contributed by atoms with Crippen LogP contribution in [0.5, 0.6) is 0 Å². The van der Waals surface area contributed by atoms with Crippen LogP contribution in [0.25, 0.3) is 5.00 Å². The van der Waals surface area contributed by atoms with Gasteiger partial charge in [-0.1, -0.05) is 6.92 Å². The average molecular weight is 260 g/mol. The summed E-state index contributed by atoms with van der Waals surface area (Å²) in [5.74, 6) is 0. The molecule has 2 aromatic rings. The number of rotatable bonds is 3. The highest BCUT2D eigenvalue weighted by atomic mass is 32.1. The molecule has 18 heavy (non-hydrogen) atoms. The maximum absolute atomic E-state index is 11.4. The summed E-state index contributed by atoms with van der Waals surface area (Å²) in [6, 6.07) is 3.98. The summed E-state index contributed by atoms with van der Waals surface area (Å²) in [5, 5.41) is 1.07. The van der Waals surface area contributed by atoms with Gasteiger partial charge in [-0.25, -0.2) is 0 Å². The Morgan fingerprint density at radius 3 is 2.83 bits per heavy atom. The monoisotopic (exact) mass is 260 g/mol. The number of carbonyl (C=O) groups excluding carboxylic acids is 1. The first-order valence-electron chi connectivity index (χ1n) is 6.29. The van der Waals surface area contributed by atoms with Crippen LogP contribution in [0.4, 0.5) is 0 Å². The fraction of sp³-hybridized carbons (Fsp3) is 0.357. The SMILES string of the molecule is CCN1CCc2c(sc(-n3cccc3)c2C=O)C1. The Labute approximate surface area is 111 Å². The quantitative estimate of drug-likeness (QED) is 0.793. The molecule has 94 valence electrons. The number of thiophene rings is 1. The van der Waals surface area contributed by atoms with E-state index in [4.69, 9.17) is 0 Å². The number of aldehydes is 1. The fourth-order valence-electron chi connectivity index (χ4n) is 2.52. The Balaban J connectivity index is 2.07. The van der Waals surface area contributed by atoms with Crippen molar-refractivity contribution >= 4 is 17.6 Å². The van der Waals surface area contributed by atoms with E-state index in [0.29, 0.717) is 0 Å². The standard InChI is InChI=1S/C14H16N2OS/c1-2-15-8-5-11-12(10-17)14(18-13(11)9-15)16-6-3-4-7-16/h3-4,6-7,10H,2,5,8-9H2,1H3. The molecule has 0 saturated carbocycles. The van der Waals surface area contributed by atoms with E-state index >= 15 is 0 Å². The van der Waals surface area contributed by atoms with E-state index in [1.54, 1.807) is 11.3 Å². The van der Waals surface area contributed by atoms with Crippen LogP contribution in [0.2, 0.25) is 0 Å². The van der Waals surface area contributed by atoms with Crippen LogP contribution in [0.15, 0.2) is 24.5 Å². The Morgan fingerprint density at radius 2 is 2.17 bits per heavy atom. The van der Waals surface area contributed by atoms with Crippen LogP contribution in [0, 0.1) is 0 Å². The number of carbonyl (C=O) groups is 1. The zero-order valence-corrected chi connectivity index (χ0v) is 11.2. The minimum Gasteiger partial charge on any atom is -0.315 e. The first kappa shape index (κ1) is 11.7. The van der Waals surface area contributed by atoms with Crippen molar-refractivity contribution < 1.29 is 4.79 Å². The molecule has 0 radical (unpaired) electrons. The second-order valence-electron chi connectivity index (χ2n) is 4.55. The largest absolute Gasteiger partial charge is 0.315 e. The third-order valence-electron chi connectivity index (χ3n) is 3.56. The van der Waals surface area contributed by atoms with E-state index in [1.165, 1.54) is 10.4 Å². The van der Waals surface area contributed by atoms with Crippen LogP contribution in [-0.4, -0.2) is 28.8 Å². The molecule has 3 heterocycles. The first-order chi connectivity index (χ1) is 8.83. The van der Waals surface area contributed by atoms with Crippen molar-refractivity contribution in [3.05, 3.63) is 40.5 Å². The number of aromatic nitrogens is 1. The topological polar surface area (TPSA) is 25.2 Å². The molecule has 3 rings (SSSR count). The van der Waals surface area contributed by atoms with Crippen molar-refractivity contribution in [1.29, 1.82) is 0 Å². The second-order valence-corrected chi connectivity index (χ2v) is 5.63. The van der Waals surface area contributed by atoms with Gasteiger partial charge in [-0.15, -0.1) is 11.3 Å². The van der Waals surface area contributed by atoms with Gasteiger partial charge in [-0.2, -0.15) is 0 Å². The molecule has 3 nitrogen and oxygen atoms in total. The molecular weight excluding hydrogens is 244 g/mol. The molecule has 2 aromatic heterocycles. The lowest BCUT2D eigenvalue weighted by atomic mass is 10.0. The smallest absolute Gasteiger partial charge is 0.153 e. The molecule has 0 amide bonds. The van der Waals surface area contributed by atoms with E-state index in [1.807, 2.05) is 29.1 Å². The van der Waals surface area contributed by atoms with Gasteiger partial charge in [0.25, 0.3) is 0 Å². The van der Waals surface area contributed by atoms with Gasteiger partial charge < -0.3 is 4.57 Å². The molecule has 0 fully saturated rings. The molecular formula is C14H16N2OS. The lowest BCUT2D eigenvalue weighted by molar-refractivity contribution is 0.112. The summed E-state index contributed by atoms with van der Waals surface area (Å²) >= 11 is 1.75. The highest BCUT2D eigenvalue weighted by Gasteiger charge is 2.23. The summed E-state index contributed by atoms with van der Waals surface area (Å²) in [5.41, 5.74) is 2.16. The van der Waals surface area contributed by atoms with Gasteiger partial charge in [0.1, 0.15) is 5.00 Å². The zero-order valence-electron chi connectivity index (χ0n) is 10.4. The second kappa shape index (κ2) is 4.71. The Kier molecular flexibility index (Phi) is 3.06. The van der Waals surface area contributed by atoms with Crippen LogP contribution < -0.4 is 0 Å². The van der Waals surface area contributed by atoms with Crippen molar-refractivity contribution in [3.8, 4) is 5.00 Å². The third-order valence-corrected chi connectivity index (χ3v) is 4.81. The van der Waals surface area contributed by atoms with E-state index in [-0.39, 0.29) is 0 Å². The predicted molar refractivity (Wildman–Crippen MR) is 73.7 cm³/mol. The number of fused-ring (bicyclic) bond motifs is 1. The molecule has 0 N–H and O–H groups in total. The number of nitrogens with zero attached hydrogens (tertiary/aromatic N) is 2. The molecule has 0 bridgehead atoms. The van der Waals surface area contributed by atoms with Crippen LogP contribution in [-0.2, 0) is 13.0 Å². The molecule has 0 aromatic carbocycles. The Hall–Kier alpha value is -1.39. The van der Waals surface area contributed by atoms with Gasteiger partial charge in [-0.05, 0) is 30.7 Å². The van der Waals surface area contributed by atoms with Crippen molar-refractivity contribution in [3.63, 3.8) is 0 Å². The zero-order chi connectivity index (χ0) is 12.5. The summed E-state index contributed by atoms with van der Waals surface area (Å²) in [6.07, 6.45) is 6.02. The summed E-state index contributed by atoms with van der Waals surface area (Å²) in [4.78, 5) is 15.2. The molecule has 0 unspecified atom stereocenters. The lowest BCUT2D eigenvalue weighted by Gasteiger charge is -2.25. The van der Waals surface area contributed by atoms with Crippen molar-refractivity contribution in [2.24, 2.45) is 0 Å². The van der Waals surface area contributed by atoms with E-state index in [2.05, 4.69) is 11.8 Å². The van der Waals surface area contributed by atoms with E-state index < -0.39 is 0 Å². The molecule has 1 aliphatic rings. The molecule has 1 aliphatic heterocycles. The average Bonchev–Trinajstić information content (AvgIpc) is 3.04. The minimum absolute atomic E-state index is 0.891. The molecule has 0 atom stereocenters. The van der Waals surface area contributed by atoms with Crippen molar-refractivity contribution in [2.75, 3.05) is 13.1 Å². The number of hydrogen-bond acceptors (Lipinski definition) is 3. The summed E-state index contributed by atoms with van der Waals surface area (Å²) in [6.45, 7) is 5.31. The lowest BCUT2D eigenvalue weighted by Crippen LogP contribution is -2.29. The van der Waals surface area contributed by atoms with Crippen LogP contribution in [0.3, 0.4) is 0 Å². The van der Waals surface area contributed by atoms with Crippen LogP contribution in [0.1, 0.15) is 27.7 Å². The highest BCUT2D eigenvalue weighted by molar-refractivity contribution is 7.15. The Bertz CT molecular complexity index is 557. The highest BCUT2D eigenvalue weighted by Crippen LogP contribution is 2.34. The molecule has 0 aliphatic carbocycles. The predicted octanol–water partition coefficient (Wildman–Crippen LogP) is 2.73. The Morgan fingerprint density at radius 1 is 1.39 bits per heavy atom. The van der Waals surface area contributed by atoms with Gasteiger partial charge in [-0.3, -0.25) is 9.69 Å². The van der Waals surface area contributed by atoms with Gasteiger partial charge >= 0.3 is 0 Å². The fourth-order valence-corrected chi connectivity index (χ4v) is 3.84. The van der Waals surface area contributed by atoms with Crippen LogP contribution >= 0.6 is 11.3 Å². The van der Waals surface area contributed by atoms with Gasteiger partial charge in [0.15, 0.2) is 6.29 Å². The van der Waals surface area contributed by atoms with Crippen molar-refractivity contribution in [1.82, 2.24) is 9.47 Å². The maximum Gasteiger partial charge on any atom is 0.153 e. The van der Waals surface area contributed by atoms with E-state index in [0.717, 1.165) is 42.9 Å². The third kappa shape index (κ3) is 1.82. The maximum atomic E-state index is 11.4. The minimum atomic E-state index is 0.891. The molecule has 0 saturated heterocycles. The normalized spacial score (nSPS) is 15.6.